The van der Waals surface area contributed by atoms with Crippen LogP contribution in [0.5, 0.6) is 5.75 Å². The van der Waals surface area contributed by atoms with E-state index in [9.17, 15) is 9.59 Å². The summed E-state index contributed by atoms with van der Waals surface area (Å²) in [4.78, 5) is 29.1. The summed E-state index contributed by atoms with van der Waals surface area (Å²) in [5, 5.41) is 0. The van der Waals surface area contributed by atoms with Crippen LogP contribution in [0.15, 0.2) is 66.7 Å². The second-order valence-electron chi connectivity index (χ2n) is 9.31. The van der Waals surface area contributed by atoms with Crippen molar-refractivity contribution in [3.63, 3.8) is 0 Å². The Morgan fingerprint density at radius 2 is 1.36 bits per heavy atom. The number of nitrogens with zero attached hydrogens (tertiary/aromatic N) is 1. The topological polar surface area (TPSA) is 46.6 Å². The molecule has 4 atom stereocenters. The van der Waals surface area contributed by atoms with Crippen molar-refractivity contribution in [3.8, 4) is 5.75 Å². The molecule has 1 aliphatic heterocycles. The molecule has 0 unspecified atom stereocenters. The maximum atomic E-state index is 13.8. The van der Waals surface area contributed by atoms with Crippen LogP contribution >= 0.6 is 0 Å². The summed E-state index contributed by atoms with van der Waals surface area (Å²) in [6, 6.07) is 22.4. The van der Waals surface area contributed by atoms with E-state index in [0.717, 1.165) is 18.6 Å². The van der Waals surface area contributed by atoms with Gasteiger partial charge in [-0.3, -0.25) is 9.59 Å². The van der Waals surface area contributed by atoms with Crippen LogP contribution in [0.2, 0.25) is 0 Å². The number of imide groups is 1. The van der Waals surface area contributed by atoms with Crippen LogP contribution in [0.1, 0.15) is 59.9 Å². The van der Waals surface area contributed by atoms with E-state index in [4.69, 9.17) is 4.74 Å². The number of benzene rings is 3. The van der Waals surface area contributed by atoms with Gasteiger partial charge in [0.05, 0.1) is 24.1 Å². The summed E-state index contributed by atoms with van der Waals surface area (Å²) in [6.45, 7) is 4.86. The molecule has 4 nitrogen and oxygen atoms in total. The van der Waals surface area contributed by atoms with Gasteiger partial charge in [0.15, 0.2) is 0 Å². The molecule has 33 heavy (non-hydrogen) atoms. The Balaban J connectivity index is 1.45. The largest absolute Gasteiger partial charge is 0.494 e. The van der Waals surface area contributed by atoms with Gasteiger partial charge in [0.1, 0.15) is 5.75 Å². The smallest absolute Gasteiger partial charge is 0.238 e. The third-order valence-electron chi connectivity index (χ3n) is 7.58. The van der Waals surface area contributed by atoms with Crippen molar-refractivity contribution in [2.45, 2.75) is 38.5 Å². The summed E-state index contributed by atoms with van der Waals surface area (Å²) in [5.74, 6) is -0.270. The zero-order valence-electron chi connectivity index (χ0n) is 19.0. The second-order valence-corrected chi connectivity index (χ2v) is 9.31. The van der Waals surface area contributed by atoms with E-state index >= 15 is 0 Å². The average molecular weight is 438 g/mol. The van der Waals surface area contributed by atoms with Gasteiger partial charge in [0, 0.05) is 11.8 Å². The van der Waals surface area contributed by atoms with Gasteiger partial charge >= 0.3 is 0 Å². The Bertz CT molecular complexity index is 1260. The maximum absolute atomic E-state index is 13.8. The lowest BCUT2D eigenvalue weighted by atomic mass is 9.55. The molecule has 1 fully saturated rings. The van der Waals surface area contributed by atoms with Gasteiger partial charge in [-0.15, -0.1) is 0 Å². The van der Waals surface area contributed by atoms with Gasteiger partial charge in [0.25, 0.3) is 0 Å². The van der Waals surface area contributed by atoms with Crippen LogP contribution in [-0.2, 0) is 16.0 Å². The first kappa shape index (κ1) is 20.2. The van der Waals surface area contributed by atoms with Crippen LogP contribution in [0.25, 0.3) is 0 Å². The molecule has 3 aliphatic carbocycles. The fourth-order valence-electron chi connectivity index (χ4n) is 6.16. The van der Waals surface area contributed by atoms with E-state index in [-0.39, 0.29) is 35.5 Å². The normalized spacial score (nSPS) is 24.5. The Hall–Kier alpha value is -3.40. The van der Waals surface area contributed by atoms with E-state index in [1.807, 2.05) is 36.4 Å². The number of hydrogen-bond acceptors (Lipinski definition) is 3. The quantitative estimate of drug-likeness (QED) is 0.500. The highest BCUT2D eigenvalue weighted by Gasteiger charge is 2.61. The van der Waals surface area contributed by atoms with Crippen molar-refractivity contribution < 1.29 is 14.3 Å². The molecule has 1 saturated heterocycles. The molecular formula is C29H27NO3. The fraction of sp³-hybridized carbons (Fsp3) is 0.310. The lowest BCUT2D eigenvalue weighted by molar-refractivity contribution is -0.122. The fourth-order valence-corrected chi connectivity index (χ4v) is 6.16. The minimum Gasteiger partial charge on any atom is -0.494 e. The van der Waals surface area contributed by atoms with Crippen molar-refractivity contribution in [2.75, 3.05) is 11.5 Å². The van der Waals surface area contributed by atoms with Crippen molar-refractivity contribution in [3.05, 3.63) is 94.5 Å². The van der Waals surface area contributed by atoms with Crippen LogP contribution in [0.3, 0.4) is 0 Å². The van der Waals surface area contributed by atoms with Crippen LogP contribution in [0.4, 0.5) is 5.69 Å². The number of amides is 2. The molecule has 2 amide bonds. The van der Waals surface area contributed by atoms with Gasteiger partial charge in [0.2, 0.25) is 11.8 Å². The molecule has 0 aromatic heterocycles. The molecule has 4 aliphatic rings. The molecular weight excluding hydrogens is 410 g/mol. The minimum absolute atomic E-state index is 0.0775. The first-order valence-corrected chi connectivity index (χ1v) is 12.0. The van der Waals surface area contributed by atoms with Gasteiger partial charge in [-0.25, -0.2) is 4.90 Å². The highest BCUT2D eigenvalue weighted by Crippen LogP contribution is 2.61. The monoisotopic (exact) mass is 437 g/mol. The van der Waals surface area contributed by atoms with Gasteiger partial charge < -0.3 is 4.74 Å². The number of carbonyl (C=O) groups is 2. The van der Waals surface area contributed by atoms with E-state index in [1.165, 1.54) is 32.7 Å². The van der Waals surface area contributed by atoms with Crippen molar-refractivity contribution >= 4 is 17.5 Å². The van der Waals surface area contributed by atoms with Crippen molar-refractivity contribution in [1.82, 2.24) is 0 Å². The highest BCUT2D eigenvalue weighted by atomic mass is 16.5. The third-order valence-corrected chi connectivity index (χ3v) is 7.58. The molecule has 7 rings (SSSR count). The predicted molar refractivity (Wildman–Crippen MR) is 128 cm³/mol. The van der Waals surface area contributed by atoms with E-state index < -0.39 is 0 Å². The van der Waals surface area contributed by atoms with Gasteiger partial charge in [-0.2, -0.15) is 0 Å². The van der Waals surface area contributed by atoms with Gasteiger partial charge in [-0.05, 0) is 64.9 Å². The molecule has 2 bridgehead atoms. The van der Waals surface area contributed by atoms with Crippen molar-refractivity contribution in [2.24, 2.45) is 11.8 Å². The summed E-state index contributed by atoms with van der Waals surface area (Å²) in [5.41, 5.74) is 6.74. The molecule has 0 N–H and O–H groups in total. The van der Waals surface area contributed by atoms with Crippen LogP contribution in [0, 0.1) is 11.8 Å². The molecule has 3 aromatic carbocycles. The Kier molecular flexibility index (Phi) is 4.65. The van der Waals surface area contributed by atoms with Crippen LogP contribution < -0.4 is 9.64 Å². The first-order chi connectivity index (χ1) is 16.1. The number of hydrogen-bond donors (Lipinski definition) is 0. The summed E-state index contributed by atoms with van der Waals surface area (Å²) in [7, 11) is 0. The van der Waals surface area contributed by atoms with E-state index in [1.54, 1.807) is 0 Å². The minimum atomic E-state index is -0.354. The molecule has 4 heteroatoms. The van der Waals surface area contributed by atoms with E-state index in [2.05, 4.69) is 44.2 Å². The molecule has 166 valence electrons. The molecule has 0 saturated carbocycles. The Morgan fingerprint density at radius 3 is 1.97 bits per heavy atom. The lowest BCUT2D eigenvalue weighted by Crippen LogP contribution is -2.41. The number of rotatable bonds is 5. The second kappa shape index (κ2) is 7.58. The Labute approximate surface area is 194 Å². The maximum Gasteiger partial charge on any atom is 0.238 e. The number of aryl methyl sites for hydroxylation is 1. The number of anilines is 1. The number of carbonyl (C=O) groups excluding carboxylic acids is 2. The summed E-state index contributed by atoms with van der Waals surface area (Å²) < 4.78 is 5.68. The lowest BCUT2D eigenvalue weighted by Gasteiger charge is -2.46. The average Bonchev–Trinajstić information content (AvgIpc) is 3.13. The SMILES string of the molecule is CCCOc1ccc(N2C(=O)[C@@H]3[C@@H]4c5ccccc5[C@H](c5cc(CC)ccc54)[C@H]3C2=O)cc1. The van der Waals surface area contributed by atoms with Crippen molar-refractivity contribution in [1.29, 1.82) is 0 Å². The highest BCUT2D eigenvalue weighted by molar-refractivity contribution is 6.23. The summed E-state index contributed by atoms with van der Waals surface area (Å²) >= 11 is 0. The molecule has 1 heterocycles. The predicted octanol–water partition coefficient (Wildman–Crippen LogP) is 5.43. The first-order valence-electron chi connectivity index (χ1n) is 12.0. The molecule has 3 aromatic rings. The third kappa shape index (κ3) is 2.83. The zero-order chi connectivity index (χ0) is 22.7. The summed E-state index contributed by atoms with van der Waals surface area (Å²) in [6.07, 6.45) is 1.88. The molecule has 0 spiro atoms. The standard InChI is InChI=1S/C29H27NO3/c1-3-15-33-19-12-10-18(11-13-19)30-28(31)26-24-20-7-5-6-8-21(20)25(27(26)29(30)32)23-16-17(4-2)9-14-22(23)24/h5-14,16,24-27H,3-4,15H2,1-2H3/t24-,25-,26-,27-/m1/s1. The van der Waals surface area contributed by atoms with Gasteiger partial charge in [-0.1, -0.05) is 56.3 Å². The van der Waals surface area contributed by atoms with E-state index in [0.29, 0.717) is 12.3 Å². The zero-order valence-corrected chi connectivity index (χ0v) is 19.0. The Morgan fingerprint density at radius 1 is 0.758 bits per heavy atom. The van der Waals surface area contributed by atoms with Crippen LogP contribution in [-0.4, -0.2) is 18.4 Å². The molecule has 0 radical (unpaired) electrons. The number of ether oxygens (including phenoxy) is 1.